The first kappa shape index (κ1) is 21.2. The van der Waals surface area contributed by atoms with Crippen molar-refractivity contribution in [3.63, 3.8) is 0 Å². The zero-order valence-electron chi connectivity index (χ0n) is 15.6. The van der Waals surface area contributed by atoms with Gasteiger partial charge in [-0.25, -0.2) is 0 Å². The summed E-state index contributed by atoms with van der Waals surface area (Å²) in [5.74, 6) is 0.653. The number of benzene rings is 3. The molecule has 0 amide bonds. The minimum Gasteiger partial charge on any atom is -0.487 e. The van der Waals surface area contributed by atoms with Gasteiger partial charge in [0.1, 0.15) is 12.4 Å². The third-order valence-corrected chi connectivity index (χ3v) is 5.31. The van der Waals surface area contributed by atoms with E-state index in [9.17, 15) is 10.1 Å². The maximum atomic E-state index is 10.8. The number of nitrogens with zero attached hydrogens (tertiary/aromatic N) is 2. The second kappa shape index (κ2) is 9.80. The lowest BCUT2D eigenvalue weighted by Crippen LogP contribution is -2.00. The van der Waals surface area contributed by atoms with Crippen LogP contribution in [0.25, 0.3) is 0 Å². The molecular formula is C22H18Br2N2O3. The van der Waals surface area contributed by atoms with Gasteiger partial charge >= 0.3 is 0 Å². The van der Waals surface area contributed by atoms with E-state index >= 15 is 0 Å². The quantitative estimate of drug-likeness (QED) is 0.192. The van der Waals surface area contributed by atoms with Gasteiger partial charge < -0.3 is 4.74 Å². The van der Waals surface area contributed by atoms with Crippen LogP contribution in [0.2, 0.25) is 0 Å². The summed E-state index contributed by atoms with van der Waals surface area (Å²) in [4.78, 5) is 14.9. The molecule has 0 spiro atoms. The Balaban J connectivity index is 1.80. The number of hydrogen-bond donors (Lipinski definition) is 0. The molecule has 7 heteroatoms. The molecule has 0 unspecified atom stereocenters. The third-order valence-electron chi connectivity index (χ3n) is 4.26. The molecule has 0 N–H and O–H groups in total. The van der Waals surface area contributed by atoms with Crippen LogP contribution >= 0.6 is 31.9 Å². The van der Waals surface area contributed by atoms with Crippen molar-refractivity contribution in [2.45, 2.75) is 20.0 Å². The van der Waals surface area contributed by atoms with Crippen LogP contribution in [-0.2, 0) is 13.0 Å². The predicted molar refractivity (Wildman–Crippen MR) is 122 cm³/mol. The maximum Gasteiger partial charge on any atom is 0.269 e. The molecular weight excluding hydrogens is 500 g/mol. The summed E-state index contributed by atoms with van der Waals surface area (Å²) in [6.07, 6.45) is 2.75. The van der Waals surface area contributed by atoms with Crippen LogP contribution in [0.3, 0.4) is 0 Å². The van der Waals surface area contributed by atoms with Crippen molar-refractivity contribution in [2.75, 3.05) is 0 Å². The van der Waals surface area contributed by atoms with E-state index in [0.29, 0.717) is 5.75 Å². The lowest BCUT2D eigenvalue weighted by molar-refractivity contribution is -0.384. The van der Waals surface area contributed by atoms with Gasteiger partial charge in [-0.3, -0.25) is 15.1 Å². The predicted octanol–water partition coefficient (Wildman–Crippen LogP) is 7.01. The molecule has 0 saturated carbocycles. The van der Waals surface area contributed by atoms with Crippen molar-refractivity contribution >= 4 is 49.4 Å². The van der Waals surface area contributed by atoms with Crippen molar-refractivity contribution in [2.24, 2.45) is 4.99 Å². The van der Waals surface area contributed by atoms with E-state index < -0.39 is 4.92 Å². The average Bonchev–Trinajstić information content (AvgIpc) is 2.72. The zero-order chi connectivity index (χ0) is 20.8. The van der Waals surface area contributed by atoms with Crippen LogP contribution in [0, 0.1) is 10.1 Å². The van der Waals surface area contributed by atoms with Gasteiger partial charge in [0.2, 0.25) is 0 Å². The highest BCUT2D eigenvalue weighted by Crippen LogP contribution is 2.33. The van der Waals surface area contributed by atoms with E-state index in [1.54, 1.807) is 18.3 Å². The van der Waals surface area contributed by atoms with E-state index in [2.05, 4.69) is 55.9 Å². The Morgan fingerprint density at radius 2 is 1.69 bits per heavy atom. The molecule has 0 heterocycles. The van der Waals surface area contributed by atoms with Crippen LogP contribution in [-0.4, -0.2) is 11.1 Å². The molecule has 5 nitrogen and oxygen atoms in total. The minimum atomic E-state index is -0.419. The first-order chi connectivity index (χ1) is 14.0. The van der Waals surface area contributed by atoms with Crippen molar-refractivity contribution in [3.8, 4) is 5.75 Å². The SMILES string of the molecule is CCc1ccc(N=Cc2cc(Br)cc(Br)c2OCc2ccc([N+](=O)[O-])cc2)cc1. The van der Waals surface area contributed by atoms with Crippen LogP contribution in [0.5, 0.6) is 5.75 Å². The number of nitro benzene ring substituents is 1. The molecule has 0 saturated heterocycles. The number of nitro groups is 1. The summed E-state index contributed by atoms with van der Waals surface area (Å²) in [5.41, 5.74) is 3.83. The molecule has 0 aliphatic carbocycles. The second-order valence-corrected chi connectivity index (χ2v) is 8.07. The molecule has 0 aromatic heterocycles. The van der Waals surface area contributed by atoms with Gasteiger partial charge in [0.15, 0.2) is 0 Å². The zero-order valence-corrected chi connectivity index (χ0v) is 18.8. The number of hydrogen-bond acceptors (Lipinski definition) is 4. The number of aryl methyl sites for hydroxylation is 1. The first-order valence-corrected chi connectivity index (χ1v) is 10.5. The fourth-order valence-corrected chi connectivity index (χ4v) is 4.03. The Morgan fingerprint density at radius 3 is 2.31 bits per heavy atom. The maximum absolute atomic E-state index is 10.8. The number of rotatable bonds is 7. The minimum absolute atomic E-state index is 0.0560. The lowest BCUT2D eigenvalue weighted by atomic mass is 10.1. The molecule has 3 aromatic carbocycles. The van der Waals surface area contributed by atoms with Gasteiger partial charge in [-0.15, -0.1) is 0 Å². The summed E-state index contributed by atoms with van der Waals surface area (Å²) in [6.45, 7) is 2.40. The summed E-state index contributed by atoms with van der Waals surface area (Å²) < 4.78 is 7.69. The first-order valence-electron chi connectivity index (χ1n) is 8.94. The normalized spacial score (nSPS) is 11.0. The van der Waals surface area contributed by atoms with E-state index in [0.717, 1.165) is 32.2 Å². The monoisotopic (exact) mass is 516 g/mol. The van der Waals surface area contributed by atoms with Crippen molar-refractivity contribution < 1.29 is 9.66 Å². The molecule has 3 rings (SSSR count). The van der Waals surface area contributed by atoms with Crippen molar-refractivity contribution in [3.05, 3.63) is 96.4 Å². The highest BCUT2D eigenvalue weighted by Gasteiger charge is 2.10. The van der Waals surface area contributed by atoms with E-state index in [1.165, 1.54) is 17.7 Å². The van der Waals surface area contributed by atoms with Crippen LogP contribution in [0.15, 0.2) is 74.6 Å². The number of aliphatic imine (C=N–C) groups is 1. The van der Waals surface area contributed by atoms with Gasteiger partial charge in [0, 0.05) is 28.4 Å². The molecule has 148 valence electrons. The lowest BCUT2D eigenvalue weighted by Gasteiger charge is -2.12. The van der Waals surface area contributed by atoms with E-state index in [1.807, 2.05) is 24.3 Å². The molecule has 29 heavy (non-hydrogen) atoms. The highest BCUT2D eigenvalue weighted by molar-refractivity contribution is 9.11. The Bertz CT molecular complexity index is 1030. The molecule has 3 aromatic rings. The molecule has 0 fully saturated rings. The van der Waals surface area contributed by atoms with E-state index in [-0.39, 0.29) is 12.3 Å². The summed E-state index contributed by atoms with van der Waals surface area (Å²) in [7, 11) is 0. The molecule has 0 radical (unpaired) electrons. The van der Waals surface area contributed by atoms with Gasteiger partial charge in [-0.2, -0.15) is 0 Å². The molecule has 0 bridgehead atoms. The number of halogens is 2. The largest absolute Gasteiger partial charge is 0.487 e. The van der Waals surface area contributed by atoms with Crippen LogP contribution in [0.4, 0.5) is 11.4 Å². The Morgan fingerprint density at radius 1 is 1.03 bits per heavy atom. The average molecular weight is 518 g/mol. The smallest absolute Gasteiger partial charge is 0.269 e. The van der Waals surface area contributed by atoms with Gasteiger partial charge in [0.05, 0.1) is 15.1 Å². The second-order valence-electron chi connectivity index (χ2n) is 6.30. The van der Waals surface area contributed by atoms with Crippen LogP contribution in [0.1, 0.15) is 23.6 Å². The molecule has 0 aliphatic heterocycles. The summed E-state index contributed by atoms with van der Waals surface area (Å²) >= 11 is 7.04. The van der Waals surface area contributed by atoms with E-state index in [4.69, 9.17) is 4.74 Å². The van der Waals surface area contributed by atoms with Gasteiger partial charge in [-0.05, 0) is 69.9 Å². The Kier molecular flexibility index (Phi) is 7.17. The summed E-state index contributed by atoms with van der Waals surface area (Å²) in [6, 6.07) is 18.3. The Labute approximate surface area is 185 Å². The van der Waals surface area contributed by atoms with Gasteiger partial charge in [-0.1, -0.05) is 35.0 Å². The van der Waals surface area contributed by atoms with Gasteiger partial charge in [0.25, 0.3) is 5.69 Å². The fourth-order valence-electron chi connectivity index (χ4n) is 2.66. The molecule has 0 atom stereocenters. The van der Waals surface area contributed by atoms with Crippen LogP contribution < -0.4 is 4.74 Å². The number of non-ortho nitro benzene ring substituents is 1. The fraction of sp³-hybridized carbons (Fsp3) is 0.136. The summed E-state index contributed by atoms with van der Waals surface area (Å²) in [5, 5.41) is 10.8. The topological polar surface area (TPSA) is 64.7 Å². The molecule has 0 aliphatic rings. The highest BCUT2D eigenvalue weighted by atomic mass is 79.9. The Hall–Kier alpha value is -2.51. The standard InChI is InChI=1S/C22H18Br2N2O3/c1-2-15-3-7-19(8-4-15)25-13-17-11-18(23)12-21(24)22(17)29-14-16-5-9-20(10-6-16)26(27)28/h3-13H,2,14H2,1H3. The van der Waals surface area contributed by atoms with Crippen molar-refractivity contribution in [1.29, 1.82) is 0 Å². The van der Waals surface area contributed by atoms with Crippen molar-refractivity contribution in [1.82, 2.24) is 0 Å². The third kappa shape index (κ3) is 5.74. The number of ether oxygens (including phenoxy) is 1.